The number of anilines is 1. The molecule has 10 heteroatoms. The van der Waals surface area contributed by atoms with Crippen molar-refractivity contribution in [1.29, 1.82) is 0 Å². The number of methoxy groups -OCH3 is 2. The Labute approximate surface area is 193 Å². The largest absolute Gasteiger partial charge is 0.449 e. The van der Waals surface area contributed by atoms with Gasteiger partial charge in [0.05, 0.1) is 13.2 Å². The maximum Gasteiger partial charge on any atom is 0.416 e. The number of carbonyl (C=O) groups excluding carboxylic acids is 2. The number of carbonyl (C=O) groups is 2. The van der Waals surface area contributed by atoms with Gasteiger partial charge in [0, 0.05) is 45.2 Å². The maximum absolute atomic E-state index is 15.7. The zero-order valence-electron chi connectivity index (χ0n) is 19.9. The smallest absolute Gasteiger partial charge is 0.416 e. The average molecular weight is 466 g/mol. The van der Waals surface area contributed by atoms with Crippen molar-refractivity contribution in [3.05, 3.63) is 22.9 Å². The highest BCUT2D eigenvalue weighted by Crippen LogP contribution is 2.56. The third-order valence-corrected chi connectivity index (χ3v) is 6.22. The van der Waals surface area contributed by atoms with Gasteiger partial charge in [-0.15, -0.1) is 0 Å². The third-order valence-electron chi connectivity index (χ3n) is 6.22. The summed E-state index contributed by atoms with van der Waals surface area (Å²) in [6, 6.07) is 1.36. The molecule has 1 aliphatic carbocycles. The van der Waals surface area contributed by atoms with Gasteiger partial charge >= 0.3 is 12.2 Å². The van der Waals surface area contributed by atoms with E-state index < -0.39 is 29.7 Å². The summed E-state index contributed by atoms with van der Waals surface area (Å²) in [7, 11) is 2.94. The van der Waals surface area contributed by atoms with Gasteiger partial charge < -0.3 is 23.8 Å². The molecule has 5 rings (SSSR count). The fourth-order valence-corrected chi connectivity index (χ4v) is 4.63. The number of nitrogens with zero attached hydrogens (tertiary/aromatic N) is 3. The molecule has 2 bridgehead atoms. The Hall–Kier alpha value is -2.46. The van der Waals surface area contributed by atoms with E-state index in [0.29, 0.717) is 30.0 Å². The molecule has 3 aliphatic heterocycles. The molecule has 0 unspecified atom stereocenters. The highest BCUT2D eigenvalue weighted by Gasteiger charge is 2.58. The van der Waals surface area contributed by atoms with Crippen molar-refractivity contribution >= 4 is 18.0 Å². The Morgan fingerprint density at radius 2 is 2.00 bits per heavy atom. The monoisotopic (exact) mass is 465 g/mol. The SMILES string of the molecule is COC(OC)c1nc2c(cc1CN1CCCCOC1=O)C1(F)CC(C1)N2C(=O)OC(C)(C)C. The molecule has 4 heterocycles. The molecule has 2 fully saturated rings. The Kier molecular flexibility index (Phi) is 6.26. The first-order valence-corrected chi connectivity index (χ1v) is 11.3. The minimum atomic E-state index is -1.58. The first kappa shape index (κ1) is 23.7. The molecule has 0 spiro atoms. The quantitative estimate of drug-likeness (QED) is 0.602. The van der Waals surface area contributed by atoms with Gasteiger partial charge in [0.25, 0.3) is 0 Å². The summed E-state index contributed by atoms with van der Waals surface area (Å²) < 4.78 is 37.5. The van der Waals surface area contributed by atoms with Gasteiger partial charge in [-0.2, -0.15) is 0 Å². The standard InChI is InChI=1S/C23H32FN3O6/c1-22(2,3)33-21(29)27-15-11-23(24,12-15)16-10-14(13-26-8-6-7-9-32-20(26)28)17(25-18(16)27)19(30-4)31-5/h10,15,19H,6-9,11-13H2,1-5H3. The van der Waals surface area contributed by atoms with Crippen molar-refractivity contribution in [2.45, 2.75) is 76.6 Å². The molecular weight excluding hydrogens is 433 g/mol. The number of pyridine rings is 1. The molecule has 4 aliphatic rings. The average Bonchev–Trinajstić information content (AvgIpc) is 2.91. The topological polar surface area (TPSA) is 90.4 Å². The second-order valence-electron chi connectivity index (χ2n) is 9.83. The lowest BCUT2D eigenvalue weighted by Gasteiger charge is -2.52. The summed E-state index contributed by atoms with van der Waals surface area (Å²) in [5, 5.41) is 0. The number of aromatic nitrogens is 1. The van der Waals surface area contributed by atoms with Crippen molar-refractivity contribution in [2.24, 2.45) is 0 Å². The molecule has 0 radical (unpaired) electrons. The number of hydrogen-bond acceptors (Lipinski definition) is 7. The van der Waals surface area contributed by atoms with Crippen LogP contribution in [0.25, 0.3) is 0 Å². The van der Waals surface area contributed by atoms with Crippen molar-refractivity contribution in [3.8, 4) is 0 Å². The summed E-state index contributed by atoms with van der Waals surface area (Å²) in [5.74, 6) is 0.213. The molecule has 33 heavy (non-hydrogen) atoms. The van der Waals surface area contributed by atoms with E-state index in [4.69, 9.17) is 18.9 Å². The summed E-state index contributed by atoms with van der Waals surface area (Å²) in [6.45, 7) is 6.41. The van der Waals surface area contributed by atoms with E-state index in [9.17, 15) is 9.59 Å². The summed E-state index contributed by atoms with van der Waals surface area (Å²) >= 11 is 0. The fraction of sp³-hybridized carbons (Fsp3) is 0.696. The molecule has 1 saturated carbocycles. The Morgan fingerprint density at radius 1 is 1.30 bits per heavy atom. The van der Waals surface area contributed by atoms with Gasteiger partial charge in [-0.25, -0.2) is 19.0 Å². The fourth-order valence-electron chi connectivity index (χ4n) is 4.63. The predicted octanol–water partition coefficient (Wildman–Crippen LogP) is 4.19. The third kappa shape index (κ3) is 4.50. The Morgan fingerprint density at radius 3 is 2.64 bits per heavy atom. The molecule has 0 aromatic carbocycles. The highest BCUT2D eigenvalue weighted by molar-refractivity contribution is 5.90. The molecule has 9 nitrogen and oxygen atoms in total. The molecule has 0 N–H and O–H groups in total. The van der Waals surface area contributed by atoms with E-state index in [1.165, 1.54) is 19.1 Å². The van der Waals surface area contributed by atoms with Crippen LogP contribution in [0, 0.1) is 0 Å². The van der Waals surface area contributed by atoms with E-state index >= 15 is 4.39 Å². The van der Waals surface area contributed by atoms with Crippen LogP contribution in [-0.4, -0.2) is 61.1 Å². The zero-order valence-corrected chi connectivity index (χ0v) is 19.9. The molecule has 1 aromatic rings. The molecule has 2 amide bonds. The second kappa shape index (κ2) is 8.72. The second-order valence-corrected chi connectivity index (χ2v) is 9.83. The van der Waals surface area contributed by atoms with Gasteiger partial charge in [-0.3, -0.25) is 4.90 Å². The van der Waals surface area contributed by atoms with Crippen LogP contribution in [0.1, 0.15) is 69.6 Å². The van der Waals surface area contributed by atoms with Gasteiger partial charge in [0.1, 0.15) is 22.8 Å². The number of amides is 2. The minimum Gasteiger partial charge on any atom is -0.449 e. The number of ether oxygens (including phenoxy) is 4. The number of alkyl halides is 1. The highest BCUT2D eigenvalue weighted by atomic mass is 19.1. The van der Waals surface area contributed by atoms with Crippen LogP contribution in [0.4, 0.5) is 19.8 Å². The first-order valence-electron chi connectivity index (χ1n) is 11.3. The molecule has 182 valence electrons. The summed E-state index contributed by atoms with van der Waals surface area (Å²) in [5.41, 5.74) is -0.984. The van der Waals surface area contributed by atoms with Crippen molar-refractivity contribution in [1.82, 2.24) is 9.88 Å². The maximum atomic E-state index is 15.7. The molecule has 1 saturated heterocycles. The van der Waals surface area contributed by atoms with E-state index in [1.807, 2.05) is 0 Å². The van der Waals surface area contributed by atoms with Gasteiger partial charge in [-0.1, -0.05) is 0 Å². The molecular formula is C23H32FN3O6. The first-order chi connectivity index (χ1) is 15.6. The van der Waals surface area contributed by atoms with Crippen molar-refractivity contribution in [2.75, 3.05) is 32.3 Å². The Bertz CT molecular complexity index is 924. The number of rotatable bonds is 5. The normalized spacial score (nSPS) is 24.7. The molecule has 0 atom stereocenters. The lowest BCUT2D eigenvalue weighted by atomic mass is 9.68. The van der Waals surface area contributed by atoms with Crippen LogP contribution in [0.15, 0.2) is 6.07 Å². The van der Waals surface area contributed by atoms with Gasteiger partial charge in [-0.05, 0) is 45.2 Å². The zero-order chi connectivity index (χ0) is 24.0. The van der Waals surface area contributed by atoms with Gasteiger partial charge in [0.15, 0.2) is 0 Å². The number of halogens is 1. The number of cyclic esters (lactones) is 1. The van der Waals surface area contributed by atoms with E-state index in [1.54, 1.807) is 31.7 Å². The van der Waals surface area contributed by atoms with Crippen LogP contribution in [0.3, 0.4) is 0 Å². The van der Waals surface area contributed by atoms with Crippen molar-refractivity contribution < 1.29 is 32.9 Å². The Balaban J connectivity index is 1.78. The van der Waals surface area contributed by atoms with Crippen molar-refractivity contribution in [3.63, 3.8) is 0 Å². The van der Waals surface area contributed by atoms with E-state index in [2.05, 4.69) is 4.98 Å². The summed E-state index contributed by atoms with van der Waals surface area (Å²) in [6.07, 6.45) is 0.116. The van der Waals surface area contributed by atoms with Crippen LogP contribution >= 0.6 is 0 Å². The predicted molar refractivity (Wildman–Crippen MR) is 117 cm³/mol. The lowest BCUT2D eigenvalue weighted by molar-refractivity contribution is -0.109. The minimum absolute atomic E-state index is 0.170. The van der Waals surface area contributed by atoms with E-state index in [-0.39, 0.29) is 31.2 Å². The molecule has 1 aromatic heterocycles. The van der Waals surface area contributed by atoms with Crippen LogP contribution in [-0.2, 0) is 31.2 Å². The number of hydrogen-bond donors (Lipinski definition) is 0. The van der Waals surface area contributed by atoms with Crippen LogP contribution < -0.4 is 4.90 Å². The van der Waals surface area contributed by atoms with Gasteiger partial charge in [0.2, 0.25) is 6.29 Å². The van der Waals surface area contributed by atoms with Crippen LogP contribution in [0.2, 0.25) is 0 Å². The lowest BCUT2D eigenvalue weighted by Crippen LogP contribution is -2.60. The van der Waals surface area contributed by atoms with E-state index in [0.717, 1.165) is 12.8 Å². The van der Waals surface area contributed by atoms with Crippen LogP contribution in [0.5, 0.6) is 0 Å². The summed E-state index contributed by atoms with van der Waals surface area (Å²) in [4.78, 5) is 33.1.